The summed E-state index contributed by atoms with van der Waals surface area (Å²) >= 11 is 0. The molecule has 1 fully saturated rings. The van der Waals surface area contributed by atoms with Gasteiger partial charge in [-0.25, -0.2) is 0 Å². The van der Waals surface area contributed by atoms with Crippen molar-refractivity contribution in [3.8, 4) is 11.5 Å². The van der Waals surface area contributed by atoms with Crippen LogP contribution in [0.25, 0.3) is 0 Å². The number of ether oxygens (including phenoxy) is 2. The second-order valence-electron chi connectivity index (χ2n) is 7.18. The first kappa shape index (κ1) is 18.6. The van der Waals surface area contributed by atoms with Gasteiger partial charge in [-0.2, -0.15) is 0 Å². The molecule has 5 nitrogen and oxygen atoms in total. The Kier molecular flexibility index (Phi) is 4.26. The molecule has 1 heterocycles. The highest BCUT2D eigenvalue weighted by atomic mass is 19.4. The van der Waals surface area contributed by atoms with E-state index in [2.05, 4.69) is 4.74 Å². The lowest BCUT2D eigenvalue weighted by Crippen LogP contribution is -2.38. The van der Waals surface area contributed by atoms with E-state index in [-0.39, 0.29) is 17.1 Å². The average Bonchev–Trinajstić information content (AvgIpc) is 3.37. The molecule has 0 aromatic heterocycles. The number of alkyl halides is 3. The summed E-state index contributed by atoms with van der Waals surface area (Å²) in [6.45, 7) is 0.417. The molecule has 8 heteroatoms. The van der Waals surface area contributed by atoms with Crippen molar-refractivity contribution in [1.82, 2.24) is 0 Å². The topological polar surface area (TPSA) is 64.8 Å². The van der Waals surface area contributed by atoms with E-state index in [1.54, 1.807) is 30.3 Å². The van der Waals surface area contributed by atoms with Crippen LogP contribution >= 0.6 is 0 Å². The molecule has 28 heavy (non-hydrogen) atoms. The SMILES string of the molecule is COc1ccc(C(N)C(=O)N2CC3(CC3)c3ccc(OC(F)(F)F)cc32)cc1. The summed E-state index contributed by atoms with van der Waals surface area (Å²) in [5, 5.41) is 0. The average molecular weight is 392 g/mol. The van der Waals surface area contributed by atoms with Crippen LogP contribution in [-0.2, 0) is 10.2 Å². The highest BCUT2D eigenvalue weighted by Gasteiger charge is 2.53. The van der Waals surface area contributed by atoms with E-state index in [1.807, 2.05) is 0 Å². The van der Waals surface area contributed by atoms with Crippen LogP contribution < -0.4 is 20.1 Å². The first-order chi connectivity index (χ1) is 13.2. The van der Waals surface area contributed by atoms with Gasteiger partial charge in [0.1, 0.15) is 17.5 Å². The number of carbonyl (C=O) groups excluding carboxylic acids is 1. The fourth-order valence-corrected chi connectivity index (χ4v) is 3.75. The Morgan fingerprint density at radius 2 is 1.79 bits per heavy atom. The van der Waals surface area contributed by atoms with Crippen LogP contribution in [0.4, 0.5) is 18.9 Å². The van der Waals surface area contributed by atoms with E-state index in [4.69, 9.17) is 10.5 Å². The highest BCUT2D eigenvalue weighted by molar-refractivity contribution is 6.00. The summed E-state index contributed by atoms with van der Waals surface area (Å²) in [6, 6.07) is 10.1. The van der Waals surface area contributed by atoms with E-state index in [0.717, 1.165) is 18.4 Å². The molecule has 2 aromatic carbocycles. The van der Waals surface area contributed by atoms with E-state index < -0.39 is 12.4 Å². The minimum atomic E-state index is -4.79. The molecular weight excluding hydrogens is 373 g/mol. The van der Waals surface area contributed by atoms with Crippen molar-refractivity contribution in [3.05, 3.63) is 53.6 Å². The molecule has 1 atom stereocenters. The predicted octanol–water partition coefficient (Wildman–Crippen LogP) is 3.67. The van der Waals surface area contributed by atoms with Gasteiger partial charge in [-0.3, -0.25) is 4.79 Å². The Labute approximate surface area is 159 Å². The number of hydrogen-bond donors (Lipinski definition) is 1. The van der Waals surface area contributed by atoms with Crippen LogP contribution in [0.2, 0.25) is 0 Å². The summed E-state index contributed by atoms with van der Waals surface area (Å²) in [6.07, 6.45) is -3.01. The van der Waals surface area contributed by atoms with Crippen molar-refractivity contribution in [3.63, 3.8) is 0 Å². The van der Waals surface area contributed by atoms with E-state index in [0.29, 0.717) is 23.5 Å². The molecule has 1 spiro atoms. The molecule has 0 radical (unpaired) electrons. The Bertz CT molecular complexity index is 908. The van der Waals surface area contributed by atoms with Gasteiger partial charge in [-0.15, -0.1) is 13.2 Å². The number of nitrogens with two attached hydrogens (primary N) is 1. The van der Waals surface area contributed by atoms with Crippen LogP contribution in [0.3, 0.4) is 0 Å². The number of nitrogens with zero attached hydrogens (tertiary/aromatic N) is 1. The Balaban J connectivity index is 1.63. The molecule has 4 rings (SSSR count). The summed E-state index contributed by atoms with van der Waals surface area (Å²) in [7, 11) is 1.54. The van der Waals surface area contributed by atoms with Gasteiger partial charge in [0, 0.05) is 18.0 Å². The monoisotopic (exact) mass is 392 g/mol. The summed E-state index contributed by atoms with van der Waals surface area (Å²) in [5.74, 6) is -0.0695. The number of amides is 1. The molecule has 1 amide bonds. The molecule has 0 saturated heterocycles. The maximum absolute atomic E-state index is 13.1. The van der Waals surface area contributed by atoms with Crippen molar-refractivity contribution < 1.29 is 27.4 Å². The Morgan fingerprint density at radius 1 is 1.14 bits per heavy atom. The number of hydrogen-bond acceptors (Lipinski definition) is 4. The second kappa shape index (κ2) is 6.41. The number of halogens is 3. The van der Waals surface area contributed by atoms with Gasteiger partial charge < -0.3 is 20.1 Å². The lowest BCUT2D eigenvalue weighted by Gasteiger charge is -2.23. The van der Waals surface area contributed by atoms with Crippen molar-refractivity contribution in [2.24, 2.45) is 5.73 Å². The molecule has 148 valence electrons. The molecule has 1 unspecified atom stereocenters. The van der Waals surface area contributed by atoms with E-state index >= 15 is 0 Å². The van der Waals surface area contributed by atoms with Crippen LogP contribution in [0.5, 0.6) is 11.5 Å². The van der Waals surface area contributed by atoms with Crippen LogP contribution in [0, 0.1) is 0 Å². The fourth-order valence-electron chi connectivity index (χ4n) is 3.75. The third kappa shape index (κ3) is 3.28. The first-order valence-electron chi connectivity index (χ1n) is 8.84. The van der Waals surface area contributed by atoms with Crippen molar-refractivity contribution >= 4 is 11.6 Å². The predicted molar refractivity (Wildman–Crippen MR) is 96.3 cm³/mol. The molecular formula is C20H19F3N2O3. The zero-order chi connectivity index (χ0) is 20.1. The summed E-state index contributed by atoms with van der Waals surface area (Å²) < 4.78 is 46.9. The lowest BCUT2D eigenvalue weighted by molar-refractivity contribution is -0.274. The second-order valence-corrected chi connectivity index (χ2v) is 7.18. The Hall–Kier alpha value is -2.74. The van der Waals surface area contributed by atoms with Gasteiger partial charge in [0.05, 0.1) is 12.8 Å². The minimum absolute atomic E-state index is 0.179. The molecule has 2 aromatic rings. The third-order valence-corrected chi connectivity index (χ3v) is 5.39. The minimum Gasteiger partial charge on any atom is -0.497 e. The zero-order valence-corrected chi connectivity index (χ0v) is 15.1. The summed E-state index contributed by atoms with van der Waals surface area (Å²) in [5.41, 5.74) is 7.91. The van der Waals surface area contributed by atoms with E-state index in [1.165, 1.54) is 24.1 Å². The number of benzene rings is 2. The molecule has 0 bridgehead atoms. The normalized spacial score (nSPS) is 18.0. The number of carbonyl (C=O) groups is 1. The molecule has 1 saturated carbocycles. The smallest absolute Gasteiger partial charge is 0.497 e. The molecule has 1 aliphatic heterocycles. The maximum Gasteiger partial charge on any atom is 0.573 e. The van der Waals surface area contributed by atoms with Crippen molar-refractivity contribution in [1.29, 1.82) is 0 Å². The zero-order valence-electron chi connectivity index (χ0n) is 15.1. The van der Waals surface area contributed by atoms with Crippen molar-refractivity contribution in [2.75, 3.05) is 18.6 Å². The fraction of sp³-hybridized carbons (Fsp3) is 0.350. The molecule has 1 aliphatic carbocycles. The molecule has 2 aliphatic rings. The van der Waals surface area contributed by atoms with Crippen molar-refractivity contribution in [2.45, 2.75) is 30.7 Å². The number of methoxy groups -OCH3 is 1. The molecule has 2 N–H and O–H groups in total. The number of anilines is 1. The summed E-state index contributed by atoms with van der Waals surface area (Å²) in [4.78, 5) is 14.6. The van der Waals surface area contributed by atoms with Gasteiger partial charge >= 0.3 is 6.36 Å². The first-order valence-corrected chi connectivity index (χ1v) is 8.84. The third-order valence-electron chi connectivity index (χ3n) is 5.39. The van der Waals surface area contributed by atoms with Crippen LogP contribution in [0.15, 0.2) is 42.5 Å². The van der Waals surface area contributed by atoms with Crippen LogP contribution in [-0.4, -0.2) is 25.9 Å². The Morgan fingerprint density at radius 3 is 2.36 bits per heavy atom. The van der Waals surface area contributed by atoms with Gasteiger partial charge in [0.15, 0.2) is 0 Å². The standard InChI is InChI=1S/C20H19F3N2O3/c1-27-13-4-2-12(3-5-13)17(24)18(26)25-11-19(8-9-19)15-7-6-14(10-16(15)25)28-20(21,22)23/h2-7,10,17H,8-9,11,24H2,1H3. The quantitative estimate of drug-likeness (QED) is 0.862. The number of rotatable bonds is 4. The number of fused-ring (bicyclic) bond motifs is 2. The lowest BCUT2D eigenvalue weighted by atomic mass is 9.99. The van der Waals surface area contributed by atoms with Crippen LogP contribution in [0.1, 0.15) is 30.0 Å². The largest absolute Gasteiger partial charge is 0.573 e. The van der Waals surface area contributed by atoms with Gasteiger partial charge in [0.25, 0.3) is 0 Å². The maximum atomic E-state index is 13.1. The van der Waals surface area contributed by atoms with Gasteiger partial charge in [0.2, 0.25) is 5.91 Å². The van der Waals surface area contributed by atoms with Gasteiger partial charge in [-0.1, -0.05) is 18.2 Å². The van der Waals surface area contributed by atoms with E-state index in [9.17, 15) is 18.0 Å². The highest BCUT2D eigenvalue weighted by Crippen LogP contribution is 2.57. The van der Waals surface area contributed by atoms with Gasteiger partial charge in [-0.05, 0) is 42.2 Å².